The van der Waals surface area contributed by atoms with E-state index < -0.39 is 0 Å². The number of benzene rings is 1. The molecule has 0 saturated carbocycles. The van der Waals surface area contributed by atoms with Crippen LogP contribution in [0.15, 0.2) is 24.7 Å². The predicted molar refractivity (Wildman–Crippen MR) is 75.5 cm³/mol. The SMILES string of the molecule is Cc1c(C(C)c2cnc[nH]2)ccc2c1COC(=O)C2C. The highest BCUT2D eigenvalue weighted by Crippen LogP contribution is 2.34. The molecule has 0 saturated heterocycles. The minimum atomic E-state index is -0.172. The normalized spacial score (nSPS) is 19.4. The molecule has 1 aliphatic rings. The lowest BCUT2D eigenvalue weighted by Gasteiger charge is -2.26. The zero-order valence-corrected chi connectivity index (χ0v) is 11.9. The van der Waals surface area contributed by atoms with Gasteiger partial charge in [-0.05, 0) is 36.1 Å². The predicted octanol–water partition coefficient (Wildman–Crippen LogP) is 3.03. The first-order valence-corrected chi connectivity index (χ1v) is 6.86. The van der Waals surface area contributed by atoms with E-state index >= 15 is 0 Å². The Labute approximate surface area is 118 Å². The van der Waals surface area contributed by atoms with Crippen molar-refractivity contribution in [3.63, 3.8) is 0 Å². The lowest BCUT2D eigenvalue weighted by atomic mass is 9.84. The van der Waals surface area contributed by atoms with Gasteiger partial charge in [0, 0.05) is 17.8 Å². The van der Waals surface area contributed by atoms with E-state index in [2.05, 4.69) is 35.9 Å². The van der Waals surface area contributed by atoms with Crippen molar-refractivity contribution < 1.29 is 9.53 Å². The van der Waals surface area contributed by atoms with Gasteiger partial charge in [0.25, 0.3) is 0 Å². The highest BCUT2D eigenvalue weighted by Gasteiger charge is 2.28. The number of ether oxygens (including phenoxy) is 1. The summed E-state index contributed by atoms with van der Waals surface area (Å²) in [5, 5.41) is 0. The lowest BCUT2D eigenvalue weighted by Crippen LogP contribution is -2.22. The molecule has 0 aliphatic carbocycles. The molecule has 1 aliphatic heterocycles. The molecule has 1 N–H and O–H groups in total. The molecule has 0 amide bonds. The molecule has 2 unspecified atom stereocenters. The van der Waals surface area contributed by atoms with Crippen molar-refractivity contribution in [1.82, 2.24) is 9.97 Å². The van der Waals surface area contributed by atoms with Gasteiger partial charge in [0.15, 0.2) is 0 Å². The smallest absolute Gasteiger partial charge is 0.313 e. The van der Waals surface area contributed by atoms with Crippen LogP contribution in [-0.4, -0.2) is 15.9 Å². The van der Waals surface area contributed by atoms with E-state index in [4.69, 9.17) is 4.74 Å². The van der Waals surface area contributed by atoms with Crippen molar-refractivity contribution in [3.05, 3.63) is 52.6 Å². The fraction of sp³-hybridized carbons (Fsp3) is 0.375. The van der Waals surface area contributed by atoms with Crippen molar-refractivity contribution in [2.75, 3.05) is 0 Å². The van der Waals surface area contributed by atoms with Crippen molar-refractivity contribution in [1.29, 1.82) is 0 Å². The molecule has 2 aromatic rings. The number of carbonyl (C=O) groups is 1. The van der Waals surface area contributed by atoms with Crippen LogP contribution in [0.2, 0.25) is 0 Å². The average Bonchev–Trinajstić information content (AvgIpc) is 2.97. The van der Waals surface area contributed by atoms with Crippen LogP contribution in [-0.2, 0) is 16.1 Å². The summed E-state index contributed by atoms with van der Waals surface area (Å²) in [5.74, 6) is -0.0593. The molecule has 104 valence electrons. The topological polar surface area (TPSA) is 55.0 Å². The van der Waals surface area contributed by atoms with Crippen LogP contribution in [0.5, 0.6) is 0 Å². The Kier molecular flexibility index (Phi) is 3.08. The second kappa shape index (κ2) is 4.78. The fourth-order valence-corrected chi connectivity index (χ4v) is 2.93. The Morgan fingerprint density at radius 2 is 2.25 bits per heavy atom. The summed E-state index contributed by atoms with van der Waals surface area (Å²) in [6.45, 7) is 6.54. The van der Waals surface area contributed by atoms with Crippen LogP contribution < -0.4 is 0 Å². The Hall–Kier alpha value is -2.10. The highest BCUT2D eigenvalue weighted by molar-refractivity contribution is 5.80. The van der Waals surface area contributed by atoms with Crippen molar-refractivity contribution in [2.45, 2.75) is 39.2 Å². The number of nitrogens with zero attached hydrogens (tertiary/aromatic N) is 1. The Balaban J connectivity index is 2.05. The molecule has 0 spiro atoms. The van der Waals surface area contributed by atoms with Crippen molar-refractivity contribution >= 4 is 5.97 Å². The molecule has 4 nitrogen and oxygen atoms in total. The van der Waals surface area contributed by atoms with Gasteiger partial charge < -0.3 is 9.72 Å². The van der Waals surface area contributed by atoms with Gasteiger partial charge in [-0.1, -0.05) is 19.1 Å². The third kappa shape index (κ3) is 1.92. The third-order valence-electron chi connectivity index (χ3n) is 4.31. The summed E-state index contributed by atoms with van der Waals surface area (Å²) < 4.78 is 5.26. The first kappa shape index (κ1) is 12.9. The largest absolute Gasteiger partial charge is 0.460 e. The molecule has 2 heterocycles. The maximum absolute atomic E-state index is 11.6. The first-order chi connectivity index (χ1) is 9.59. The minimum Gasteiger partial charge on any atom is -0.460 e. The van der Waals surface area contributed by atoms with E-state index in [-0.39, 0.29) is 17.8 Å². The zero-order chi connectivity index (χ0) is 14.3. The molecule has 1 aromatic carbocycles. The fourth-order valence-electron chi connectivity index (χ4n) is 2.93. The number of esters is 1. The molecule has 0 radical (unpaired) electrons. The summed E-state index contributed by atoms with van der Waals surface area (Å²) in [6.07, 6.45) is 3.55. The summed E-state index contributed by atoms with van der Waals surface area (Å²) in [4.78, 5) is 18.9. The standard InChI is InChI=1S/C16H18N2O2/c1-9-12(10(2)15-6-17-8-18-15)4-5-13-11(3)16(19)20-7-14(9)13/h4-6,8,10-11H,7H2,1-3H3,(H,17,18). The van der Waals surface area contributed by atoms with Crippen LogP contribution in [0.4, 0.5) is 0 Å². The number of carbonyl (C=O) groups excluding carboxylic acids is 1. The third-order valence-corrected chi connectivity index (χ3v) is 4.31. The summed E-state index contributed by atoms with van der Waals surface area (Å²) in [6, 6.07) is 4.18. The number of aromatic amines is 1. The monoisotopic (exact) mass is 270 g/mol. The summed E-state index contributed by atoms with van der Waals surface area (Å²) >= 11 is 0. The van der Waals surface area contributed by atoms with E-state index in [0.717, 1.165) is 16.8 Å². The van der Waals surface area contributed by atoms with Gasteiger partial charge in [0.1, 0.15) is 6.61 Å². The number of hydrogen-bond donors (Lipinski definition) is 1. The summed E-state index contributed by atoms with van der Waals surface area (Å²) in [5.41, 5.74) is 5.80. The zero-order valence-electron chi connectivity index (χ0n) is 11.9. The number of aromatic nitrogens is 2. The van der Waals surface area contributed by atoms with E-state index in [9.17, 15) is 4.79 Å². The molecule has 3 rings (SSSR count). The van der Waals surface area contributed by atoms with Gasteiger partial charge in [-0.25, -0.2) is 4.98 Å². The van der Waals surface area contributed by atoms with E-state index in [1.807, 2.05) is 13.1 Å². The van der Waals surface area contributed by atoms with Crippen molar-refractivity contribution in [2.24, 2.45) is 0 Å². The van der Waals surface area contributed by atoms with Crippen LogP contribution in [0.1, 0.15) is 53.6 Å². The molecule has 0 fully saturated rings. The average molecular weight is 270 g/mol. The van der Waals surface area contributed by atoms with Gasteiger partial charge in [-0.2, -0.15) is 0 Å². The van der Waals surface area contributed by atoms with E-state index in [0.29, 0.717) is 6.61 Å². The quantitative estimate of drug-likeness (QED) is 0.853. The van der Waals surface area contributed by atoms with Crippen molar-refractivity contribution in [3.8, 4) is 0 Å². The first-order valence-electron chi connectivity index (χ1n) is 6.86. The molecular weight excluding hydrogens is 252 g/mol. The number of imidazole rings is 1. The number of H-pyrrole nitrogens is 1. The molecule has 1 aromatic heterocycles. The Morgan fingerprint density at radius 3 is 2.95 bits per heavy atom. The highest BCUT2D eigenvalue weighted by atomic mass is 16.5. The number of nitrogens with one attached hydrogen (secondary N) is 1. The molecule has 2 atom stereocenters. The van der Waals surface area contributed by atoms with Gasteiger partial charge in [0.05, 0.1) is 12.2 Å². The van der Waals surface area contributed by atoms with Crippen LogP contribution in [0.25, 0.3) is 0 Å². The second-order valence-corrected chi connectivity index (χ2v) is 5.41. The number of cyclic esters (lactones) is 1. The Bertz CT molecular complexity index is 647. The van der Waals surface area contributed by atoms with Crippen LogP contribution in [0.3, 0.4) is 0 Å². The molecule has 0 bridgehead atoms. The molecule has 20 heavy (non-hydrogen) atoms. The van der Waals surface area contributed by atoms with E-state index in [1.165, 1.54) is 11.1 Å². The lowest BCUT2D eigenvalue weighted by molar-refractivity contribution is -0.147. The number of rotatable bonds is 2. The Morgan fingerprint density at radius 1 is 1.45 bits per heavy atom. The van der Waals surface area contributed by atoms with Crippen LogP contribution >= 0.6 is 0 Å². The molecule has 4 heteroatoms. The summed E-state index contributed by atoms with van der Waals surface area (Å²) in [7, 11) is 0. The van der Waals surface area contributed by atoms with Gasteiger partial charge >= 0.3 is 5.97 Å². The van der Waals surface area contributed by atoms with Gasteiger partial charge in [-0.15, -0.1) is 0 Å². The van der Waals surface area contributed by atoms with Crippen LogP contribution in [0, 0.1) is 6.92 Å². The number of fused-ring (bicyclic) bond motifs is 1. The minimum absolute atomic E-state index is 0.133. The number of hydrogen-bond acceptors (Lipinski definition) is 3. The van der Waals surface area contributed by atoms with E-state index in [1.54, 1.807) is 6.33 Å². The van der Waals surface area contributed by atoms with Gasteiger partial charge in [-0.3, -0.25) is 4.79 Å². The van der Waals surface area contributed by atoms with Gasteiger partial charge in [0.2, 0.25) is 0 Å². The molecular formula is C16H18N2O2. The maximum atomic E-state index is 11.6. The second-order valence-electron chi connectivity index (χ2n) is 5.41. The maximum Gasteiger partial charge on any atom is 0.313 e.